The zero-order valence-electron chi connectivity index (χ0n) is 14.0. The third kappa shape index (κ3) is 3.67. The first-order valence-corrected chi connectivity index (χ1v) is 8.36. The van der Waals surface area contributed by atoms with E-state index in [2.05, 4.69) is 5.32 Å². The number of carbonyl (C=O) groups is 2. The molecular formula is C18H16ClN3O4. The van der Waals surface area contributed by atoms with E-state index in [1.165, 1.54) is 23.1 Å². The quantitative estimate of drug-likeness (QED) is 0.656. The van der Waals surface area contributed by atoms with E-state index in [-0.39, 0.29) is 30.5 Å². The number of anilines is 2. The van der Waals surface area contributed by atoms with E-state index in [1.807, 2.05) is 6.92 Å². The van der Waals surface area contributed by atoms with Gasteiger partial charge in [0.15, 0.2) is 0 Å². The largest absolute Gasteiger partial charge is 0.324 e. The SMILES string of the molecule is Cc1ccc(Cl)cc1NC(=O)CN1C(=O)CCc2cc([N+](=O)[O-])ccc21. The third-order valence-corrected chi connectivity index (χ3v) is 4.48. The minimum Gasteiger partial charge on any atom is -0.324 e. The molecule has 26 heavy (non-hydrogen) atoms. The van der Waals surface area contributed by atoms with Crippen LogP contribution in [0.1, 0.15) is 17.5 Å². The second-order valence-corrected chi connectivity index (χ2v) is 6.49. The summed E-state index contributed by atoms with van der Waals surface area (Å²) in [4.78, 5) is 36.5. The predicted molar refractivity (Wildman–Crippen MR) is 98.6 cm³/mol. The first kappa shape index (κ1) is 17.9. The van der Waals surface area contributed by atoms with Crippen molar-refractivity contribution in [2.45, 2.75) is 19.8 Å². The molecule has 0 saturated carbocycles. The van der Waals surface area contributed by atoms with Crippen LogP contribution in [0.2, 0.25) is 5.02 Å². The highest BCUT2D eigenvalue weighted by atomic mass is 35.5. The molecule has 8 heteroatoms. The van der Waals surface area contributed by atoms with Crippen molar-refractivity contribution in [2.24, 2.45) is 0 Å². The van der Waals surface area contributed by atoms with Crippen LogP contribution < -0.4 is 10.2 Å². The summed E-state index contributed by atoms with van der Waals surface area (Å²) in [6, 6.07) is 9.46. The Labute approximate surface area is 154 Å². The Morgan fingerprint density at radius 3 is 2.77 bits per heavy atom. The van der Waals surface area contributed by atoms with Gasteiger partial charge in [-0.1, -0.05) is 17.7 Å². The highest BCUT2D eigenvalue weighted by Gasteiger charge is 2.27. The average Bonchev–Trinajstić information content (AvgIpc) is 2.60. The number of hydrogen-bond acceptors (Lipinski definition) is 4. The number of nitrogens with zero attached hydrogens (tertiary/aromatic N) is 2. The Balaban J connectivity index is 1.81. The molecule has 0 atom stereocenters. The number of aryl methyl sites for hydroxylation is 2. The third-order valence-electron chi connectivity index (χ3n) is 4.25. The summed E-state index contributed by atoms with van der Waals surface area (Å²) in [5, 5.41) is 14.2. The molecule has 7 nitrogen and oxygen atoms in total. The minimum atomic E-state index is -0.477. The number of amides is 2. The number of nitro groups is 1. The van der Waals surface area contributed by atoms with Crippen LogP contribution in [-0.2, 0) is 16.0 Å². The van der Waals surface area contributed by atoms with E-state index in [0.29, 0.717) is 28.4 Å². The molecule has 0 unspecified atom stereocenters. The Hall–Kier alpha value is -2.93. The number of nitro benzene ring substituents is 1. The molecule has 3 rings (SSSR count). The topological polar surface area (TPSA) is 92.6 Å². The van der Waals surface area contributed by atoms with Gasteiger partial charge in [0.1, 0.15) is 6.54 Å². The molecule has 1 N–H and O–H groups in total. The lowest BCUT2D eigenvalue weighted by Gasteiger charge is -2.28. The van der Waals surface area contributed by atoms with E-state index < -0.39 is 4.92 Å². The Kier molecular flexibility index (Phi) is 4.90. The number of nitrogens with one attached hydrogen (secondary N) is 1. The fourth-order valence-electron chi connectivity index (χ4n) is 2.90. The summed E-state index contributed by atoms with van der Waals surface area (Å²) in [6.07, 6.45) is 0.624. The van der Waals surface area contributed by atoms with Crippen molar-refractivity contribution >= 4 is 40.5 Å². The van der Waals surface area contributed by atoms with Gasteiger partial charge in [-0.2, -0.15) is 0 Å². The summed E-state index contributed by atoms with van der Waals surface area (Å²) < 4.78 is 0. The van der Waals surface area contributed by atoms with Gasteiger partial charge < -0.3 is 10.2 Å². The molecule has 1 heterocycles. The van der Waals surface area contributed by atoms with Crippen molar-refractivity contribution in [2.75, 3.05) is 16.8 Å². The predicted octanol–water partition coefficient (Wildman–Crippen LogP) is 3.47. The van der Waals surface area contributed by atoms with Gasteiger partial charge in [-0.3, -0.25) is 19.7 Å². The number of rotatable bonds is 4. The molecule has 1 aliphatic heterocycles. The van der Waals surface area contributed by atoms with Crippen LogP contribution in [0, 0.1) is 17.0 Å². The van der Waals surface area contributed by atoms with Crippen molar-refractivity contribution in [3.8, 4) is 0 Å². The first-order chi connectivity index (χ1) is 12.3. The molecule has 1 aliphatic rings. The average molecular weight is 374 g/mol. The molecule has 0 aromatic heterocycles. The van der Waals surface area contributed by atoms with Crippen LogP contribution in [0.5, 0.6) is 0 Å². The van der Waals surface area contributed by atoms with Gasteiger partial charge in [0.2, 0.25) is 11.8 Å². The second kappa shape index (κ2) is 7.13. The van der Waals surface area contributed by atoms with Crippen molar-refractivity contribution in [3.63, 3.8) is 0 Å². The van der Waals surface area contributed by atoms with E-state index in [0.717, 1.165) is 5.56 Å². The lowest BCUT2D eigenvalue weighted by atomic mass is 10.0. The van der Waals surface area contributed by atoms with Gasteiger partial charge in [-0.05, 0) is 42.7 Å². The number of hydrogen-bond donors (Lipinski definition) is 1. The molecule has 0 aliphatic carbocycles. The first-order valence-electron chi connectivity index (χ1n) is 7.99. The highest BCUT2D eigenvalue weighted by Crippen LogP contribution is 2.31. The summed E-state index contributed by atoms with van der Waals surface area (Å²) >= 11 is 5.95. The highest BCUT2D eigenvalue weighted by molar-refractivity contribution is 6.31. The molecule has 0 radical (unpaired) electrons. The van der Waals surface area contributed by atoms with E-state index in [9.17, 15) is 19.7 Å². The lowest BCUT2D eigenvalue weighted by Crippen LogP contribution is -2.41. The van der Waals surface area contributed by atoms with Crippen LogP contribution in [0.25, 0.3) is 0 Å². The van der Waals surface area contributed by atoms with Gasteiger partial charge in [0, 0.05) is 35.0 Å². The van der Waals surface area contributed by atoms with E-state index >= 15 is 0 Å². The Morgan fingerprint density at radius 2 is 2.04 bits per heavy atom. The number of benzene rings is 2. The maximum Gasteiger partial charge on any atom is 0.269 e. The fraction of sp³-hybridized carbons (Fsp3) is 0.222. The van der Waals surface area contributed by atoms with Crippen LogP contribution in [0.3, 0.4) is 0 Å². The van der Waals surface area contributed by atoms with Gasteiger partial charge in [0.25, 0.3) is 5.69 Å². The van der Waals surface area contributed by atoms with Gasteiger partial charge >= 0.3 is 0 Å². The van der Waals surface area contributed by atoms with Crippen molar-refractivity contribution in [1.82, 2.24) is 0 Å². The molecule has 134 valence electrons. The monoisotopic (exact) mass is 373 g/mol. The van der Waals surface area contributed by atoms with Crippen molar-refractivity contribution in [3.05, 3.63) is 62.7 Å². The number of fused-ring (bicyclic) bond motifs is 1. The standard InChI is InChI=1S/C18H16ClN3O4/c1-11-2-4-13(19)9-15(11)20-17(23)10-21-16-6-5-14(22(25)26)8-12(16)3-7-18(21)24/h2,4-6,8-9H,3,7,10H2,1H3,(H,20,23). The molecular weight excluding hydrogens is 358 g/mol. The molecule has 2 amide bonds. The summed E-state index contributed by atoms with van der Waals surface area (Å²) in [6.45, 7) is 1.67. The molecule has 0 fully saturated rings. The lowest BCUT2D eigenvalue weighted by molar-refractivity contribution is -0.384. The number of halogens is 1. The number of non-ortho nitro benzene ring substituents is 1. The zero-order valence-corrected chi connectivity index (χ0v) is 14.7. The molecule has 2 aromatic carbocycles. The zero-order chi connectivity index (χ0) is 18.8. The minimum absolute atomic E-state index is 0.0305. The fourth-order valence-corrected chi connectivity index (χ4v) is 3.07. The Bertz CT molecular complexity index is 913. The van der Waals surface area contributed by atoms with Crippen molar-refractivity contribution < 1.29 is 14.5 Å². The summed E-state index contributed by atoms with van der Waals surface area (Å²) in [7, 11) is 0. The van der Waals surface area contributed by atoms with Crippen LogP contribution in [0.4, 0.5) is 17.1 Å². The van der Waals surface area contributed by atoms with Crippen LogP contribution in [-0.4, -0.2) is 23.3 Å². The van der Waals surface area contributed by atoms with Gasteiger partial charge in [-0.15, -0.1) is 0 Å². The van der Waals surface area contributed by atoms with Gasteiger partial charge in [0.05, 0.1) is 4.92 Å². The van der Waals surface area contributed by atoms with E-state index in [4.69, 9.17) is 11.6 Å². The van der Waals surface area contributed by atoms with Crippen molar-refractivity contribution in [1.29, 1.82) is 0 Å². The smallest absolute Gasteiger partial charge is 0.269 e. The van der Waals surface area contributed by atoms with Gasteiger partial charge in [-0.25, -0.2) is 0 Å². The maximum atomic E-state index is 12.4. The normalized spacial score (nSPS) is 13.3. The van der Waals surface area contributed by atoms with Crippen LogP contribution >= 0.6 is 11.6 Å². The molecule has 0 spiro atoms. The van der Waals surface area contributed by atoms with Crippen LogP contribution in [0.15, 0.2) is 36.4 Å². The molecule has 2 aromatic rings. The summed E-state index contributed by atoms with van der Waals surface area (Å²) in [5.41, 5.74) is 2.62. The Morgan fingerprint density at radius 1 is 1.27 bits per heavy atom. The molecule has 0 saturated heterocycles. The second-order valence-electron chi connectivity index (χ2n) is 6.06. The summed E-state index contributed by atoms with van der Waals surface area (Å²) in [5.74, 6) is -0.556. The number of carbonyl (C=O) groups excluding carboxylic acids is 2. The van der Waals surface area contributed by atoms with E-state index in [1.54, 1.807) is 18.2 Å². The maximum absolute atomic E-state index is 12.4. The molecule has 0 bridgehead atoms.